The van der Waals surface area contributed by atoms with Gasteiger partial charge >= 0.3 is 5.97 Å². The van der Waals surface area contributed by atoms with Gasteiger partial charge in [-0.25, -0.2) is 4.98 Å². The lowest BCUT2D eigenvalue weighted by atomic mass is 9.83. The lowest BCUT2D eigenvalue weighted by molar-refractivity contribution is -0.137. The summed E-state index contributed by atoms with van der Waals surface area (Å²) in [5.41, 5.74) is 5.26. The summed E-state index contributed by atoms with van der Waals surface area (Å²) in [6, 6.07) is 16.5. The number of aryl methyl sites for hydroxylation is 1. The third-order valence-electron chi connectivity index (χ3n) is 6.80. The second-order valence-electron chi connectivity index (χ2n) is 8.99. The van der Waals surface area contributed by atoms with E-state index in [9.17, 15) is 14.0 Å². The highest BCUT2D eigenvalue weighted by Crippen LogP contribution is 2.39. The Bertz CT molecular complexity index is 1150. The summed E-state index contributed by atoms with van der Waals surface area (Å²) in [6.07, 6.45) is 6.26. The van der Waals surface area contributed by atoms with E-state index in [1.54, 1.807) is 6.07 Å². The number of carboxylic acid groups (broad SMARTS) is 1. The van der Waals surface area contributed by atoms with Gasteiger partial charge in [0.1, 0.15) is 0 Å². The summed E-state index contributed by atoms with van der Waals surface area (Å²) in [6.45, 7) is 1.92. The summed E-state index contributed by atoms with van der Waals surface area (Å²) in [4.78, 5) is 28.3. The van der Waals surface area contributed by atoms with Crippen LogP contribution in [0.1, 0.15) is 54.7 Å². The predicted molar refractivity (Wildman–Crippen MR) is 130 cm³/mol. The number of carbonyl (C=O) groups excluding carboxylic acids is 1. The van der Waals surface area contributed by atoms with Crippen LogP contribution in [0, 0.1) is 18.8 Å². The van der Waals surface area contributed by atoms with E-state index in [1.807, 2.05) is 49.4 Å². The largest absolute Gasteiger partial charge is 0.481 e. The third-order valence-corrected chi connectivity index (χ3v) is 6.80. The van der Waals surface area contributed by atoms with Crippen LogP contribution in [0.25, 0.3) is 11.1 Å². The molecule has 0 unspecified atom stereocenters. The van der Waals surface area contributed by atoms with E-state index in [2.05, 4.69) is 10.3 Å². The number of pyridine rings is 1. The Labute approximate surface area is 199 Å². The topological polar surface area (TPSA) is 79.3 Å². The number of rotatable bonds is 8. The van der Waals surface area contributed by atoms with Gasteiger partial charge in [-0.1, -0.05) is 49.2 Å². The first-order valence-electron chi connectivity index (χ1n) is 11.8. The number of aromatic nitrogens is 1. The Morgan fingerprint density at radius 1 is 1.06 bits per heavy atom. The molecule has 1 aliphatic carbocycles. The molecule has 4 rings (SSSR count). The number of amides is 1. The van der Waals surface area contributed by atoms with E-state index in [0.717, 1.165) is 59.2 Å². The van der Waals surface area contributed by atoms with Gasteiger partial charge in [0.2, 0.25) is 11.9 Å². The van der Waals surface area contributed by atoms with Crippen LogP contribution in [0.2, 0.25) is 0 Å². The number of nitrogens with one attached hydrogen (secondary N) is 1. The van der Waals surface area contributed by atoms with E-state index in [4.69, 9.17) is 5.11 Å². The lowest BCUT2D eigenvalue weighted by Crippen LogP contribution is -2.27. The Hall–Kier alpha value is -3.54. The highest BCUT2D eigenvalue weighted by atomic mass is 19.1. The van der Waals surface area contributed by atoms with Crippen LogP contribution in [0.4, 0.5) is 10.1 Å². The Balaban J connectivity index is 1.57. The van der Waals surface area contributed by atoms with Crippen LogP contribution >= 0.6 is 0 Å². The number of nitrogens with zero attached hydrogens (tertiary/aromatic N) is 1. The highest BCUT2D eigenvalue weighted by Gasteiger charge is 2.32. The summed E-state index contributed by atoms with van der Waals surface area (Å²) in [7, 11) is 0. The Morgan fingerprint density at radius 3 is 2.41 bits per heavy atom. The third kappa shape index (κ3) is 5.50. The van der Waals surface area contributed by atoms with E-state index in [1.165, 1.54) is 12.3 Å². The average molecular weight is 461 g/mol. The van der Waals surface area contributed by atoms with Gasteiger partial charge in [0, 0.05) is 23.9 Å². The van der Waals surface area contributed by atoms with E-state index in [0.29, 0.717) is 6.42 Å². The van der Waals surface area contributed by atoms with Gasteiger partial charge in [-0.2, -0.15) is 4.39 Å². The monoisotopic (exact) mass is 460 g/mol. The zero-order valence-electron chi connectivity index (χ0n) is 19.3. The average Bonchev–Trinajstić information content (AvgIpc) is 3.35. The standard InChI is InChI=1S/C28H29FN2O3/c1-18-19(14-16-26(32)33)7-4-8-24(18)31-28(34)27(21-5-2-3-6-21)22-11-9-20(10-12-22)23-13-15-25(29)30-17-23/h4,7-13,15,17,21,27H,2-3,5-6,14,16H2,1H3,(H,31,34)(H,32,33)/t27-/m1/s1. The maximum atomic E-state index is 13.6. The van der Waals surface area contributed by atoms with Crippen molar-refractivity contribution in [3.05, 3.63) is 83.4 Å². The molecule has 6 heteroatoms. The van der Waals surface area contributed by atoms with Gasteiger partial charge in [0.25, 0.3) is 0 Å². The molecule has 1 aliphatic rings. The van der Waals surface area contributed by atoms with Crippen LogP contribution in [-0.4, -0.2) is 22.0 Å². The Kier molecular flexibility index (Phi) is 7.36. The molecule has 2 aromatic carbocycles. The molecule has 34 heavy (non-hydrogen) atoms. The molecule has 1 aromatic heterocycles. The molecule has 0 bridgehead atoms. The lowest BCUT2D eigenvalue weighted by Gasteiger charge is -2.24. The first-order valence-corrected chi connectivity index (χ1v) is 11.8. The first-order chi connectivity index (χ1) is 16.4. The summed E-state index contributed by atoms with van der Waals surface area (Å²) < 4.78 is 13.2. The molecule has 176 valence electrons. The molecule has 1 heterocycles. The highest BCUT2D eigenvalue weighted by molar-refractivity contribution is 5.97. The number of halogens is 1. The van der Waals surface area contributed by atoms with Crippen molar-refractivity contribution in [2.75, 3.05) is 5.32 Å². The van der Waals surface area contributed by atoms with Gasteiger partial charge in [-0.3, -0.25) is 9.59 Å². The van der Waals surface area contributed by atoms with E-state index < -0.39 is 11.9 Å². The van der Waals surface area contributed by atoms with Gasteiger partial charge in [-0.15, -0.1) is 0 Å². The van der Waals surface area contributed by atoms with E-state index >= 15 is 0 Å². The van der Waals surface area contributed by atoms with Crippen molar-refractivity contribution in [3.8, 4) is 11.1 Å². The van der Waals surface area contributed by atoms with Crippen LogP contribution in [0.5, 0.6) is 0 Å². The summed E-state index contributed by atoms with van der Waals surface area (Å²) >= 11 is 0. The van der Waals surface area contributed by atoms with Crippen molar-refractivity contribution >= 4 is 17.6 Å². The fourth-order valence-electron chi connectivity index (χ4n) is 4.90. The van der Waals surface area contributed by atoms with Gasteiger partial charge < -0.3 is 10.4 Å². The minimum absolute atomic E-state index is 0.0402. The zero-order chi connectivity index (χ0) is 24.1. The molecule has 1 amide bonds. The molecular formula is C28H29FN2O3. The molecule has 2 N–H and O–H groups in total. The van der Waals surface area contributed by atoms with Gasteiger partial charge in [0.15, 0.2) is 0 Å². The SMILES string of the molecule is Cc1c(CCC(=O)O)cccc1NC(=O)[C@@H](c1ccc(-c2ccc(F)nc2)cc1)C1CCCC1. The molecule has 3 aromatic rings. The van der Waals surface area contributed by atoms with Crippen molar-refractivity contribution in [3.63, 3.8) is 0 Å². The molecule has 0 saturated heterocycles. The molecule has 5 nitrogen and oxygen atoms in total. The maximum absolute atomic E-state index is 13.6. The molecule has 0 aliphatic heterocycles. The van der Waals surface area contributed by atoms with Crippen molar-refractivity contribution in [2.24, 2.45) is 5.92 Å². The predicted octanol–water partition coefficient (Wildman–Crippen LogP) is 6.13. The second kappa shape index (κ2) is 10.6. The fraction of sp³-hybridized carbons (Fsp3) is 0.321. The summed E-state index contributed by atoms with van der Waals surface area (Å²) in [5.74, 6) is -1.39. The molecule has 1 atom stereocenters. The number of aliphatic carboxylic acids is 1. The summed E-state index contributed by atoms with van der Waals surface area (Å²) in [5, 5.41) is 12.1. The van der Waals surface area contributed by atoms with Crippen LogP contribution in [0.3, 0.4) is 0 Å². The van der Waals surface area contributed by atoms with Crippen molar-refractivity contribution < 1.29 is 19.1 Å². The quantitative estimate of drug-likeness (QED) is 0.397. The van der Waals surface area contributed by atoms with E-state index in [-0.39, 0.29) is 24.2 Å². The zero-order valence-corrected chi connectivity index (χ0v) is 19.3. The number of hydrogen-bond donors (Lipinski definition) is 2. The maximum Gasteiger partial charge on any atom is 0.303 e. The number of hydrogen-bond acceptors (Lipinski definition) is 3. The minimum atomic E-state index is -0.838. The smallest absolute Gasteiger partial charge is 0.303 e. The molecule has 0 radical (unpaired) electrons. The normalized spacial score (nSPS) is 14.6. The van der Waals surface area contributed by atoms with Crippen molar-refractivity contribution in [1.29, 1.82) is 0 Å². The Morgan fingerprint density at radius 2 is 1.76 bits per heavy atom. The second-order valence-corrected chi connectivity index (χ2v) is 8.99. The first kappa shape index (κ1) is 23.6. The fourth-order valence-corrected chi connectivity index (χ4v) is 4.90. The molecule has 0 spiro atoms. The molecule has 1 saturated carbocycles. The number of benzene rings is 2. The van der Waals surface area contributed by atoms with Crippen molar-refractivity contribution in [2.45, 2.75) is 51.4 Å². The number of carboxylic acids is 1. The number of anilines is 1. The minimum Gasteiger partial charge on any atom is -0.481 e. The van der Waals surface area contributed by atoms with Gasteiger partial charge in [0.05, 0.1) is 5.92 Å². The van der Waals surface area contributed by atoms with Gasteiger partial charge in [-0.05, 0) is 72.6 Å². The van der Waals surface area contributed by atoms with Crippen LogP contribution in [-0.2, 0) is 16.0 Å². The number of carbonyl (C=O) groups is 2. The van der Waals surface area contributed by atoms with Crippen LogP contribution < -0.4 is 5.32 Å². The van der Waals surface area contributed by atoms with Crippen LogP contribution in [0.15, 0.2) is 60.8 Å². The van der Waals surface area contributed by atoms with Crippen molar-refractivity contribution in [1.82, 2.24) is 4.98 Å². The molecular weight excluding hydrogens is 431 g/mol. The molecule has 1 fully saturated rings.